The predicted octanol–water partition coefficient (Wildman–Crippen LogP) is 3.17. The molecule has 0 saturated heterocycles. The summed E-state index contributed by atoms with van der Waals surface area (Å²) in [5.41, 5.74) is 8.02. The number of benzene rings is 1. The van der Waals surface area contributed by atoms with Crippen molar-refractivity contribution in [2.45, 2.75) is 44.3 Å². The smallest absolute Gasteiger partial charge is 0.221 e. The zero-order valence-electron chi connectivity index (χ0n) is 18.1. The molecule has 10 heteroatoms. The summed E-state index contributed by atoms with van der Waals surface area (Å²) in [6, 6.07) is 4.57. The van der Waals surface area contributed by atoms with E-state index in [0.717, 1.165) is 18.6 Å². The van der Waals surface area contributed by atoms with Crippen LogP contribution in [0.25, 0.3) is 11.0 Å². The molecule has 0 spiro atoms. The standard InChI is InChI=1S/C21H28N6O3S/c1-12(28)25-13-9-15(29)16(30)10-17(13)31-20-26-18-14(5-6-24-19(18)22)27(20)8-7-23-11-21(2,3)4/h5-6,9-10,23,29-30H,7-8,11H2,1-4H3,(H2,22,24)(H,25,28). The number of rotatable bonds is 7. The molecule has 0 aliphatic rings. The fourth-order valence-electron chi connectivity index (χ4n) is 3.03. The Kier molecular flexibility index (Phi) is 6.61. The highest BCUT2D eigenvalue weighted by molar-refractivity contribution is 7.99. The van der Waals surface area contributed by atoms with Gasteiger partial charge in [0, 0.05) is 43.7 Å². The second-order valence-corrected chi connectivity index (χ2v) is 9.48. The largest absolute Gasteiger partial charge is 0.504 e. The summed E-state index contributed by atoms with van der Waals surface area (Å²) >= 11 is 1.26. The zero-order valence-corrected chi connectivity index (χ0v) is 18.9. The molecule has 3 aromatic rings. The molecule has 1 amide bonds. The number of aromatic hydroxyl groups is 2. The minimum atomic E-state index is -0.318. The van der Waals surface area contributed by atoms with Crippen LogP contribution in [0.5, 0.6) is 11.5 Å². The summed E-state index contributed by atoms with van der Waals surface area (Å²) in [5, 5.41) is 26.6. The highest BCUT2D eigenvalue weighted by Crippen LogP contribution is 2.41. The van der Waals surface area contributed by atoms with Crippen molar-refractivity contribution in [1.29, 1.82) is 0 Å². The van der Waals surface area contributed by atoms with Crippen molar-refractivity contribution < 1.29 is 15.0 Å². The molecule has 0 radical (unpaired) electrons. The number of pyridine rings is 1. The van der Waals surface area contributed by atoms with E-state index in [1.165, 1.54) is 30.8 Å². The van der Waals surface area contributed by atoms with Gasteiger partial charge in [-0.3, -0.25) is 4.79 Å². The maximum absolute atomic E-state index is 11.6. The SMILES string of the molecule is CC(=O)Nc1cc(O)c(O)cc1Sc1nc2c(N)nccc2n1CCNCC(C)(C)C. The fourth-order valence-corrected chi connectivity index (χ4v) is 4.05. The van der Waals surface area contributed by atoms with Crippen LogP contribution in [0.15, 0.2) is 34.4 Å². The van der Waals surface area contributed by atoms with Crippen LogP contribution in [0.3, 0.4) is 0 Å². The predicted molar refractivity (Wildman–Crippen MR) is 122 cm³/mol. The number of nitrogen functional groups attached to an aromatic ring is 1. The van der Waals surface area contributed by atoms with Crippen molar-refractivity contribution in [2.75, 3.05) is 24.1 Å². The van der Waals surface area contributed by atoms with Crippen molar-refractivity contribution in [3.8, 4) is 11.5 Å². The van der Waals surface area contributed by atoms with E-state index in [9.17, 15) is 15.0 Å². The number of amides is 1. The number of carbonyl (C=O) groups excluding carboxylic acids is 1. The first-order chi connectivity index (χ1) is 14.5. The summed E-state index contributed by atoms with van der Waals surface area (Å²) < 4.78 is 2.02. The topological polar surface area (TPSA) is 138 Å². The first-order valence-electron chi connectivity index (χ1n) is 9.88. The number of hydrogen-bond donors (Lipinski definition) is 5. The molecule has 9 nitrogen and oxygen atoms in total. The number of imidazole rings is 1. The number of phenolic OH excluding ortho intramolecular Hbond substituents is 2. The van der Waals surface area contributed by atoms with Gasteiger partial charge in [0.1, 0.15) is 5.52 Å². The molecule has 0 unspecified atom stereocenters. The molecule has 0 saturated carbocycles. The average molecular weight is 445 g/mol. The van der Waals surface area contributed by atoms with E-state index in [4.69, 9.17) is 5.73 Å². The van der Waals surface area contributed by atoms with E-state index in [-0.39, 0.29) is 22.8 Å². The summed E-state index contributed by atoms with van der Waals surface area (Å²) in [4.78, 5) is 20.9. The number of carbonyl (C=O) groups is 1. The molecule has 1 aromatic carbocycles. The van der Waals surface area contributed by atoms with E-state index < -0.39 is 0 Å². The van der Waals surface area contributed by atoms with Gasteiger partial charge in [-0.15, -0.1) is 0 Å². The van der Waals surface area contributed by atoms with Crippen LogP contribution in [-0.2, 0) is 11.3 Å². The second-order valence-electron chi connectivity index (χ2n) is 8.47. The number of nitrogens with zero attached hydrogens (tertiary/aromatic N) is 3. The molecule has 0 aliphatic heterocycles. The number of fused-ring (bicyclic) bond motifs is 1. The van der Waals surface area contributed by atoms with Crippen molar-refractivity contribution in [1.82, 2.24) is 19.9 Å². The van der Waals surface area contributed by atoms with Crippen molar-refractivity contribution >= 4 is 40.2 Å². The van der Waals surface area contributed by atoms with Crippen LogP contribution >= 0.6 is 11.8 Å². The van der Waals surface area contributed by atoms with Crippen molar-refractivity contribution in [3.05, 3.63) is 24.4 Å². The molecule has 0 fully saturated rings. The molecule has 2 heterocycles. The van der Waals surface area contributed by atoms with Crippen LogP contribution < -0.4 is 16.4 Å². The summed E-state index contributed by atoms with van der Waals surface area (Å²) in [7, 11) is 0. The molecular weight excluding hydrogens is 416 g/mol. The number of aromatic nitrogens is 3. The highest BCUT2D eigenvalue weighted by atomic mass is 32.2. The lowest BCUT2D eigenvalue weighted by Crippen LogP contribution is -2.29. The van der Waals surface area contributed by atoms with Crippen LogP contribution in [-0.4, -0.2) is 43.7 Å². The number of nitrogens with one attached hydrogen (secondary N) is 2. The Labute approximate surface area is 185 Å². The fraction of sp³-hybridized carbons (Fsp3) is 0.381. The summed E-state index contributed by atoms with van der Waals surface area (Å²) in [5.74, 6) is -0.564. The maximum Gasteiger partial charge on any atom is 0.221 e. The third kappa shape index (κ3) is 5.59. The van der Waals surface area contributed by atoms with Crippen LogP contribution in [0.1, 0.15) is 27.7 Å². The highest BCUT2D eigenvalue weighted by Gasteiger charge is 2.18. The van der Waals surface area contributed by atoms with Gasteiger partial charge in [-0.2, -0.15) is 0 Å². The lowest BCUT2D eigenvalue weighted by molar-refractivity contribution is -0.114. The van der Waals surface area contributed by atoms with E-state index >= 15 is 0 Å². The van der Waals surface area contributed by atoms with E-state index in [1.54, 1.807) is 6.20 Å². The molecule has 0 atom stereocenters. The van der Waals surface area contributed by atoms with Crippen molar-refractivity contribution in [2.24, 2.45) is 5.41 Å². The molecule has 6 N–H and O–H groups in total. The lowest BCUT2D eigenvalue weighted by Gasteiger charge is -2.19. The number of anilines is 2. The Morgan fingerprint density at radius 2 is 1.97 bits per heavy atom. The van der Waals surface area contributed by atoms with Gasteiger partial charge >= 0.3 is 0 Å². The van der Waals surface area contributed by atoms with E-state index in [0.29, 0.717) is 33.6 Å². The van der Waals surface area contributed by atoms with E-state index in [2.05, 4.69) is 41.4 Å². The van der Waals surface area contributed by atoms with Gasteiger partial charge in [0.25, 0.3) is 0 Å². The van der Waals surface area contributed by atoms with Crippen molar-refractivity contribution in [3.63, 3.8) is 0 Å². The van der Waals surface area contributed by atoms with Crippen LogP contribution in [0.2, 0.25) is 0 Å². The second kappa shape index (κ2) is 9.03. The van der Waals surface area contributed by atoms with Crippen LogP contribution in [0, 0.1) is 5.41 Å². The first kappa shape index (κ1) is 22.7. The Balaban J connectivity index is 1.97. The summed E-state index contributed by atoms with van der Waals surface area (Å²) in [6.07, 6.45) is 1.64. The van der Waals surface area contributed by atoms with Gasteiger partial charge < -0.3 is 31.1 Å². The zero-order chi connectivity index (χ0) is 22.8. The Morgan fingerprint density at radius 1 is 1.26 bits per heavy atom. The third-order valence-corrected chi connectivity index (χ3v) is 5.47. The molecular formula is C21H28N6O3S. The minimum Gasteiger partial charge on any atom is -0.504 e. The molecule has 166 valence electrons. The molecule has 2 aromatic heterocycles. The normalized spacial score (nSPS) is 11.7. The van der Waals surface area contributed by atoms with Gasteiger partial charge in [-0.05, 0) is 29.3 Å². The quantitative estimate of drug-likeness (QED) is 0.213. The van der Waals surface area contributed by atoms with Crippen LogP contribution in [0.4, 0.5) is 11.5 Å². The Bertz CT molecular complexity index is 1110. The van der Waals surface area contributed by atoms with E-state index in [1.807, 2.05) is 10.6 Å². The molecule has 31 heavy (non-hydrogen) atoms. The monoisotopic (exact) mass is 444 g/mol. The number of phenols is 2. The minimum absolute atomic E-state index is 0.166. The van der Waals surface area contributed by atoms with Gasteiger partial charge in [0.15, 0.2) is 22.5 Å². The Morgan fingerprint density at radius 3 is 2.65 bits per heavy atom. The third-order valence-electron chi connectivity index (χ3n) is 4.42. The number of nitrogens with two attached hydrogens (primary N) is 1. The Hall–Kier alpha value is -2.98. The first-order valence-corrected chi connectivity index (χ1v) is 10.7. The number of hydrogen-bond acceptors (Lipinski definition) is 8. The molecule has 0 bridgehead atoms. The van der Waals surface area contributed by atoms with Gasteiger partial charge in [-0.1, -0.05) is 20.8 Å². The summed E-state index contributed by atoms with van der Waals surface area (Å²) in [6.45, 7) is 10.1. The molecule has 3 rings (SSSR count). The average Bonchev–Trinajstić information content (AvgIpc) is 3.00. The maximum atomic E-state index is 11.6. The van der Waals surface area contributed by atoms with Gasteiger partial charge in [-0.25, -0.2) is 9.97 Å². The van der Waals surface area contributed by atoms with Gasteiger partial charge in [0.2, 0.25) is 5.91 Å². The lowest BCUT2D eigenvalue weighted by atomic mass is 9.97. The molecule has 0 aliphatic carbocycles. The van der Waals surface area contributed by atoms with Gasteiger partial charge in [0.05, 0.1) is 11.2 Å².